The van der Waals surface area contributed by atoms with E-state index in [9.17, 15) is 9.59 Å². The van der Waals surface area contributed by atoms with E-state index in [0.717, 1.165) is 4.47 Å². The highest BCUT2D eigenvalue weighted by Gasteiger charge is 2.36. The van der Waals surface area contributed by atoms with Crippen molar-refractivity contribution < 1.29 is 14.3 Å². The molecular weight excluding hydrogens is 443 g/mol. The quantitative estimate of drug-likeness (QED) is 0.720. The van der Waals surface area contributed by atoms with Crippen LogP contribution < -0.4 is 15.0 Å². The highest BCUT2D eigenvalue weighted by molar-refractivity contribution is 9.10. The Morgan fingerprint density at radius 1 is 1.27 bits per heavy atom. The Bertz CT molecular complexity index is 876. The predicted molar refractivity (Wildman–Crippen MR) is 106 cm³/mol. The number of nitrogens with zero attached hydrogens (tertiary/aromatic N) is 1. The second-order valence-electron chi connectivity index (χ2n) is 5.84. The first-order valence-corrected chi connectivity index (χ1v) is 9.33. The van der Waals surface area contributed by atoms with Gasteiger partial charge in [0.2, 0.25) is 11.8 Å². The molecule has 1 aliphatic heterocycles. The maximum absolute atomic E-state index is 12.6. The highest BCUT2D eigenvalue weighted by atomic mass is 79.9. The molecule has 26 heavy (non-hydrogen) atoms. The summed E-state index contributed by atoms with van der Waals surface area (Å²) in [5, 5.41) is 3.79. The topological polar surface area (TPSA) is 58.6 Å². The van der Waals surface area contributed by atoms with E-state index in [1.54, 1.807) is 36.4 Å². The molecule has 1 heterocycles. The van der Waals surface area contributed by atoms with Crippen LogP contribution >= 0.6 is 39.1 Å². The van der Waals surface area contributed by atoms with E-state index >= 15 is 0 Å². The Kier molecular flexibility index (Phi) is 5.75. The van der Waals surface area contributed by atoms with Gasteiger partial charge in [0, 0.05) is 28.1 Å². The van der Waals surface area contributed by atoms with Gasteiger partial charge in [-0.3, -0.25) is 9.59 Å². The molecule has 0 radical (unpaired) electrons. The molecule has 1 aliphatic rings. The highest BCUT2D eigenvalue weighted by Crippen LogP contribution is 2.35. The molecule has 0 saturated carbocycles. The average molecular weight is 458 g/mol. The molecular formula is C18H15BrCl2N2O3. The van der Waals surface area contributed by atoms with Crippen LogP contribution in [0.2, 0.25) is 10.0 Å². The van der Waals surface area contributed by atoms with Crippen LogP contribution in [0.5, 0.6) is 5.75 Å². The van der Waals surface area contributed by atoms with Crippen LogP contribution in [0.25, 0.3) is 0 Å². The number of nitrogens with one attached hydrogen (secondary N) is 1. The van der Waals surface area contributed by atoms with Crippen molar-refractivity contribution in [3.63, 3.8) is 0 Å². The Hall–Kier alpha value is -1.76. The molecule has 2 aromatic rings. The molecule has 0 spiro atoms. The van der Waals surface area contributed by atoms with Crippen LogP contribution in [0.15, 0.2) is 40.9 Å². The molecule has 3 rings (SSSR count). The number of methoxy groups -OCH3 is 1. The van der Waals surface area contributed by atoms with Crippen LogP contribution in [0.3, 0.4) is 0 Å². The number of halogens is 3. The molecule has 1 fully saturated rings. The molecule has 0 aromatic heterocycles. The number of hydrogen-bond acceptors (Lipinski definition) is 3. The van der Waals surface area contributed by atoms with Gasteiger partial charge in [-0.1, -0.05) is 23.2 Å². The van der Waals surface area contributed by atoms with Crippen LogP contribution in [-0.2, 0) is 9.59 Å². The Labute approximate surface area is 169 Å². The van der Waals surface area contributed by atoms with Crippen molar-refractivity contribution in [1.29, 1.82) is 0 Å². The molecule has 1 saturated heterocycles. The van der Waals surface area contributed by atoms with E-state index in [1.807, 2.05) is 0 Å². The maximum atomic E-state index is 12.6. The Morgan fingerprint density at radius 3 is 2.73 bits per heavy atom. The van der Waals surface area contributed by atoms with Crippen molar-refractivity contribution >= 4 is 62.3 Å². The van der Waals surface area contributed by atoms with Gasteiger partial charge in [-0.25, -0.2) is 0 Å². The van der Waals surface area contributed by atoms with E-state index in [0.29, 0.717) is 27.2 Å². The fourth-order valence-corrected chi connectivity index (χ4v) is 3.40. The van der Waals surface area contributed by atoms with Gasteiger partial charge >= 0.3 is 0 Å². The molecule has 5 nitrogen and oxygen atoms in total. The lowest BCUT2D eigenvalue weighted by Gasteiger charge is -2.20. The van der Waals surface area contributed by atoms with Gasteiger partial charge < -0.3 is 15.0 Å². The molecule has 0 unspecified atom stereocenters. The lowest BCUT2D eigenvalue weighted by molar-refractivity contribution is -0.122. The monoisotopic (exact) mass is 456 g/mol. The molecule has 1 atom stereocenters. The van der Waals surface area contributed by atoms with Gasteiger partial charge in [-0.05, 0) is 52.3 Å². The van der Waals surface area contributed by atoms with Gasteiger partial charge in [0.05, 0.1) is 23.7 Å². The first-order valence-electron chi connectivity index (χ1n) is 7.79. The van der Waals surface area contributed by atoms with Gasteiger partial charge in [0.15, 0.2) is 0 Å². The molecule has 2 aromatic carbocycles. The van der Waals surface area contributed by atoms with Crippen molar-refractivity contribution in [2.24, 2.45) is 5.92 Å². The number of ether oxygens (including phenoxy) is 1. The summed E-state index contributed by atoms with van der Waals surface area (Å²) < 4.78 is 6.05. The summed E-state index contributed by atoms with van der Waals surface area (Å²) in [7, 11) is 1.52. The van der Waals surface area contributed by atoms with Crippen LogP contribution in [0, 0.1) is 5.92 Å². The van der Waals surface area contributed by atoms with Gasteiger partial charge in [0.1, 0.15) is 5.75 Å². The second kappa shape index (κ2) is 7.86. The molecule has 0 bridgehead atoms. The molecule has 1 N–H and O–H groups in total. The van der Waals surface area contributed by atoms with E-state index in [2.05, 4.69) is 21.2 Å². The van der Waals surface area contributed by atoms with E-state index in [4.69, 9.17) is 27.9 Å². The minimum atomic E-state index is -0.478. The second-order valence-corrected chi connectivity index (χ2v) is 7.54. The first kappa shape index (κ1) is 19.0. The number of amides is 2. The third-order valence-electron chi connectivity index (χ3n) is 4.11. The smallest absolute Gasteiger partial charge is 0.229 e. The SMILES string of the molecule is COc1ccc(Cl)cc1N1C[C@H](C(=O)Nc2ccc(Br)c(Cl)c2)CC1=O. The summed E-state index contributed by atoms with van der Waals surface area (Å²) in [6, 6.07) is 10.2. The third kappa shape index (κ3) is 3.98. The zero-order valence-corrected chi connectivity index (χ0v) is 16.9. The zero-order chi connectivity index (χ0) is 18.8. The minimum absolute atomic E-state index is 0.117. The summed E-state index contributed by atoms with van der Waals surface area (Å²) in [4.78, 5) is 26.5. The molecule has 0 aliphatic carbocycles. The minimum Gasteiger partial charge on any atom is -0.495 e. The summed E-state index contributed by atoms with van der Waals surface area (Å²) in [6.45, 7) is 0.256. The zero-order valence-electron chi connectivity index (χ0n) is 13.8. The number of anilines is 2. The summed E-state index contributed by atoms with van der Waals surface area (Å²) in [6.07, 6.45) is 0.117. The van der Waals surface area contributed by atoms with Crippen LogP contribution in [0.1, 0.15) is 6.42 Å². The fourth-order valence-electron chi connectivity index (χ4n) is 2.81. The van der Waals surface area contributed by atoms with Gasteiger partial charge in [0.25, 0.3) is 0 Å². The van der Waals surface area contributed by atoms with Gasteiger partial charge in [-0.2, -0.15) is 0 Å². The van der Waals surface area contributed by atoms with Crippen LogP contribution in [0.4, 0.5) is 11.4 Å². The standard InChI is InChI=1S/C18H15BrCl2N2O3/c1-26-16-5-2-11(20)7-15(16)23-9-10(6-17(23)24)18(25)22-12-3-4-13(19)14(21)8-12/h2-5,7-8,10H,6,9H2,1H3,(H,22,25)/t10-/m1/s1. The number of benzene rings is 2. The lowest BCUT2D eigenvalue weighted by Crippen LogP contribution is -2.28. The van der Waals surface area contributed by atoms with Crippen molar-refractivity contribution in [1.82, 2.24) is 0 Å². The number of rotatable bonds is 4. The molecule has 2 amide bonds. The summed E-state index contributed by atoms with van der Waals surface area (Å²) >= 11 is 15.4. The number of carbonyl (C=O) groups excluding carboxylic acids is 2. The molecule has 8 heteroatoms. The summed E-state index contributed by atoms with van der Waals surface area (Å²) in [5.74, 6) is -0.336. The normalized spacial score (nSPS) is 16.7. The average Bonchev–Trinajstić information content (AvgIpc) is 3.00. The van der Waals surface area contributed by atoms with E-state index < -0.39 is 5.92 Å². The fraction of sp³-hybridized carbons (Fsp3) is 0.222. The predicted octanol–water partition coefficient (Wildman–Crippen LogP) is 4.76. The van der Waals surface area contributed by atoms with Crippen LogP contribution in [-0.4, -0.2) is 25.5 Å². The number of hydrogen-bond donors (Lipinski definition) is 1. The Morgan fingerprint density at radius 2 is 2.04 bits per heavy atom. The van der Waals surface area contributed by atoms with Crippen molar-refractivity contribution in [3.8, 4) is 5.75 Å². The van der Waals surface area contributed by atoms with E-state index in [1.165, 1.54) is 12.0 Å². The lowest BCUT2D eigenvalue weighted by atomic mass is 10.1. The van der Waals surface area contributed by atoms with Gasteiger partial charge in [-0.15, -0.1) is 0 Å². The number of carbonyl (C=O) groups is 2. The maximum Gasteiger partial charge on any atom is 0.229 e. The third-order valence-corrected chi connectivity index (χ3v) is 5.58. The molecule has 136 valence electrons. The largest absolute Gasteiger partial charge is 0.495 e. The first-order chi connectivity index (χ1) is 12.4. The van der Waals surface area contributed by atoms with Crippen molar-refractivity contribution in [2.75, 3.05) is 23.9 Å². The Balaban J connectivity index is 1.76. The summed E-state index contributed by atoms with van der Waals surface area (Å²) in [5.41, 5.74) is 1.14. The van der Waals surface area contributed by atoms with Crippen molar-refractivity contribution in [3.05, 3.63) is 50.9 Å². The van der Waals surface area contributed by atoms with E-state index in [-0.39, 0.29) is 24.8 Å². The van der Waals surface area contributed by atoms with Crippen molar-refractivity contribution in [2.45, 2.75) is 6.42 Å².